The zero-order valence-corrected chi connectivity index (χ0v) is 23.3. The molecular weight excluding hydrogens is 498 g/mol. The Morgan fingerprint density at radius 2 is 1.85 bits per heavy atom. The normalized spacial score (nSPS) is 24.2. The highest BCUT2D eigenvalue weighted by atomic mass is 16.6. The summed E-state index contributed by atoms with van der Waals surface area (Å²) >= 11 is 0. The molecule has 1 aromatic carbocycles. The van der Waals surface area contributed by atoms with Crippen LogP contribution in [0.1, 0.15) is 82.6 Å². The summed E-state index contributed by atoms with van der Waals surface area (Å²) in [6, 6.07) is 6.63. The Morgan fingerprint density at radius 1 is 1.05 bits per heavy atom. The summed E-state index contributed by atoms with van der Waals surface area (Å²) in [6.07, 6.45) is 7.98. The van der Waals surface area contributed by atoms with Crippen molar-refractivity contribution in [3.05, 3.63) is 30.0 Å². The number of aromatic nitrogens is 1. The number of nitrogens with zero attached hydrogens (tertiary/aromatic N) is 1. The van der Waals surface area contributed by atoms with Crippen molar-refractivity contribution in [2.75, 3.05) is 25.1 Å². The summed E-state index contributed by atoms with van der Waals surface area (Å²) < 4.78 is 16.6. The summed E-state index contributed by atoms with van der Waals surface area (Å²) in [7, 11) is 0. The number of fused-ring (bicyclic) bond motifs is 1. The molecule has 0 bridgehead atoms. The number of carbonyl (C=O) groups is 3. The van der Waals surface area contributed by atoms with E-state index < -0.39 is 23.7 Å². The van der Waals surface area contributed by atoms with Gasteiger partial charge in [0.25, 0.3) is 0 Å². The fourth-order valence-corrected chi connectivity index (χ4v) is 6.29. The highest BCUT2D eigenvalue weighted by Crippen LogP contribution is 2.40. The van der Waals surface area contributed by atoms with E-state index in [2.05, 4.69) is 10.3 Å². The van der Waals surface area contributed by atoms with Gasteiger partial charge in [0.1, 0.15) is 23.9 Å². The topological polar surface area (TPSA) is 110 Å². The lowest BCUT2D eigenvalue weighted by Gasteiger charge is -2.34. The molecule has 2 aromatic rings. The van der Waals surface area contributed by atoms with E-state index in [1.54, 1.807) is 17.0 Å². The van der Waals surface area contributed by atoms with Crippen LogP contribution in [-0.2, 0) is 19.0 Å². The van der Waals surface area contributed by atoms with E-state index in [4.69, 9.17) is 14.2 Å². The quantitative estimate of drug-likeness (QED) is 0.459. The Morgan fingerprint density at radius 3 is 2.56 bits per heavy atom. The lowest BCUT2D eigenvalue weighted by atomic mass is 9.76. The van der Waals surface area contributed by atoms with E-state index in [0.29, 0.717) is 30.5 Å². The summed E-state index contributed by atoms with van der Waals surface area (Å²) in [5, 5.41) is 3.85. The van der Waals surface area contributed by atoms with Crippen molar-refractivity contribution >= 4 is 34.6 Å². The van der Waals surface area contributed by atoms with Gasteiger partial charge in [-0.05, 0) is 76.1 Å². The van der Waals surface area contributed by atoms with Crippen molar-refractivity contribution in [2.24, 2.45) is 11.8 Å². The van der Waals surface area contributed by atoms with Crippen LogP contribution in [0, 0.1) is 11.8 Å². The van der Waals surface area contributed by atoms with Gasteiger partial charge in [0, 0.05) is 29.7 Å². The van der Waals surface area contributed by atoms with Crippen LogP contribution in [0.2, 0.25) is 0 Å². The number of ether oxygens (including phenoxy) is 3. The van der Waals surface area contributed by atoms with Crippen molar-refractivity contribution in [3.8, 4) is 0 Å². The van der Waals surface area contributed by atoms with Gasteiger partial charge in [-0.25, -0.2) is 9.59 Å². The van der Waals surface area contributed by atoms with Gasteiger partial charge >= 0.3 is 12.1 Å². The molecule has 1 aliphatic carbocycles. The number of hydrogen-bond donors (Lipinski definition) is 2. The molecule has 0 spiro atoms. The first-order valence-corrected chi connectivity index (χ1v) is 14.4. The molecule has 0 radical (unpaired) electrons. The van der Waals surface area contributed by atoms with Gasteiger partial charge in [-0.2, -0.15) is 0 Å². The monoisotopic (exact) mass is 539 g/mol. The number of anilines is 1. The summed E-state index contributed by atoms with van der Waals surface area (Å²) in [6.45, 7) is 6.99. The third-order valence-corrected chi connectivity index (χ3v) is 8.13. The molecule has 3 atom stereocenters. The maximum atomic E-state index is 13.8. The fraction of sp³-hybridized carbons (Fsp3) is 0.633. The van der Waals surface area contributed by atoms with E-state index in [1.165, 1.54) is 19.3 Å². The molecule has 9 nitrogen and oxygen atoms in total. The second-order valence-electron chi connectivity index (χ2n) is 12.2. The van der Waals surface area contributed by atoms with Gasteiger partial charge in [-0.1, -0.05) is 32.1 Å². The van der Waals surface area contributed by atoms with Crippen molar-refractivity contribution in [1.82, 2.24) is 9.88 Å². The first-order valence-electron chi connectivity index (χ1n) is 14.4. The average Bonchev–Trinajstić information content (AvgIpc) is 3.66. The van der Waals surface area contributed by atoms with Crippen LogP contribution in [-0.4, -0.2) is 65.4 Å². The third-order valence-electron chi connectivity index (χ3n) is 8.13. The zero-order chi connectivity index (χ0) is 27.6. The third kappa shape index (κ3) is 6.57. The van der Waals surface area contributed by atoms with Crippen LogP contribution in [0.15, 0.2) is 24.3 Å². The molecule has 5 rings (SSSR count). The van der Waals surface area contributed by atoms with Crippen LogP contribution in [0.4, 0.5) is 10.5 Å². The summed E-state index contributed by atoms with van der Waals surface area (Å²) in [5.74, 6) is -0.0853. The number of rotatable bonds is 6. The maximum Gasteiger partial charge on any atom is 0.410 e. The van der Waals surface area contributed by atoms with Gasteiger partial charge in [0.2, 0.25) is 5.91 Å². The van der Waals surface area contributed by atoms with Crippen molar-refractivity contribution in [1.29, 1.82) is 0 Å². The van der Waals surface area contributed by atoms with E-state index in [0.717, 1.165) is 43.0 Å². The van der Waals surface area contributed by atoms with E-state index in [1.807, 2.05) is 32.9 Å². The molecule has 1 aromatic heterocycles. The highest BCUT2D eigenvalue weighted by molar-refractivity contribution is 6.00. The van der Waals surface area contributed by atoms with Crippen LogP contribution in [0.3, 0.4) is 0 Å². The molecular formula is C30H41N3O6. The molecule has 212 valence electrons. The van der Waals surface area contributed by atoms with Crippen molar-refractivity contribution < 1.29 is 28.6 Å². The van der Waals surface area contributed by atoms with E-state index in [9.17, 15) is 14.4 Å². The zero-order valence-electron chi connectivity index (χ0n) is 23.3. The minimum absolute atomic E-state index is 0.0339. The molecule has 2 N–H and O–H groups in total. The molecule has 9 heteroatoms. The SMILES string of the molecule is CC(C)(C)OC(=O)N1CC[C@@H](C2CCCCC2)[C@H]1C(=O)Nc1ccc2[nH]c(C(=O)OCC3CCCO3)cc2c1. The molecule has 3 heterocycles. The minimum Gasteiger partial charge on any atom is -0.458 e. The van der Waals surface area contributed by atoms with Gasteiger partial charge in [-0.3, -0.25) is 9.69 Å². The van der Waals surface area contributed by atoms with Gasteiger partial charge in [-0.15, -0.1) is 0 Å². The smallest absolute Gasteiger partial charge is 0.410 e. The lowest BCUT2D eigenvalue weighted by Crippen LogP contribution is -2.49. The van der Waals surface area contributed by atoms with Crippen LogP contribution in [0.5, 0.6) is 0 Å². The van der Waals surface area contributed by atoms with Crippen LogP contribution >= 0.6 is 0 Å². The van der Waals surface area contributed by atoms with Crippen molar-refractivity contribution in [2.45, 2.75) is 89.9 Å². The Hall–Kier alpha value is -3.07. The second-order valence-corrected chi connectivity index (χ2v) is 12.2. The van der Waals surface area contributed by atoms with Crippen molar-refractivity contribution in [3.63, 3.8) is 0 Å². The maximum absolute atomic E-state index is 13.8. The molecule has 3 aliphatic rings. The Labute approximate surface area is 229 Å². The standard InChI is InChI=1S/C30H41N3O6/c1-30(2,3)39-29(36)33-14-13-23(19-8-5-4-6-9-19)26(33)27(34)31-21-11-12-24-20(16-21)17-25(32-24)28(35)38-18-22-10-7-15-37-22/h11-12,16-17,19,22-23,26,32H,4-10,13-15,18H2,1-3H3,(H,31,34)/t22?,23-,26-/m0/s1. The number of benzene rings is 1. The second kappa shape index (κ2) is 11.6. The largest absolute Gasteiger partial charge is 0.458 e. The van der Waals surface area contributed by atoms with Gasteiger partial charge < -0.3 is 24.5 Å². The Balaban J connectivity index is 1.30. The lowest BCUT2D eigenvalue weighted by molar-refractivity contribution is -0.122. The Kier molecular flexibility index (Phi) is 8.16. The Bertz CT molecular complexity index is 1190. The highest BCUT2D eigenvalue weighted by Gasteiger charge is 2.46. The summed E-state index contributed by atoms with van der Waals surface area (Å²) in [4.78, 5) is 44.1. The van der Waals surface area contributed by atoms with Crippen LogP contribution < -0.4 is 5.32 Å². The van der Waals surface area contributed by atoms with Crippen LogP contribution in [0.25, 0.3) is 10.9 Å². The predicted octanol–water partition coefficient (Wildman–Crippen LogP) is 5.65. The first kappa shape index (κ1) is 27.5. The van der Waals surface area contributed by atoms with E-state index >= 15 is 0 Å². The van der Waals surface area contributed by atoms with Gasteiger partial charge in [0.05, 0.1) is 6.10 Å². The number of nitrogens with one attached hydrogen (secondary N) is 2. The van der Waals surface area contributed by atoms with E-state index in [-0.39, 0.29) is 24.5 Å². The minimum atomic E-state index is -0.636. The summed E-state index contributed by atoms with van der Waals surface area (Å²) in [5.41, 5.74) is 1.11. The number of H-pyrrole nitrogens is 1. The number of amides is 2. The average molecular weight is 540 g/mol. The van der Waals surface area contributed by atoms with Gasteiger partial charge in [0.15, 0.2) is 0 Å². The molecule has 2 amide bonds. The molecule has 39 heavy (non-hydrogen) atoms. The molecule has 1 unspecified atom stereocenters. The number of aromatic amines is 1. The molecule has 3 fully saturated rings. The predicted molar refractivity (Wildman–Crippen MR) is 148 cm³/mol. The number of likely N-dealkylation sites (tertiary alicyclic amines) is 1. The number of carbonyl (C=O) groups excluding carboxylic acids is 3. The molecule has 2 aliphatic heterocycles. The fourth-order valence-electron chi connectivity index (χ4n) is 6.29. The first-order chi connectivity index (χ1) is 18.7. The molecule has 2 saturated heterocycles. The number of esters is 1. The number of hydrogen-bond acceptors (Lipinski definition) is 6. The molecule has 1 saturated carbocycles.